The first-order chi connectivity index (χ1) is 6.36. The van der Waals surface area contributed by atoms with Gasteiger partial charge in [0.2, 0.25) is 0 Å². The lowest BCUT2D eigenvalue weighted by Crippen LogP contribution is -2.00. The number of carbonyl (C=O) groups is 1. The van der Waals surface area contributed by atoms with E-state index in [2.05, 4.69) is 9.98 Å². The van der Waals surface area contributed by atoms with Crippen molar-refractivity contribution >= 4 is 17.7 Å². The molecule has 0 aliphatic carbocycles. The number of ketones is 1. The molecule has 1 aromatic rings. The van der Waals surface area contributed by atoms with Gasteiger partial charge < -0.3 is 0 Å². The molecule has 0 radical (unpaired) electrons. The van der Waals surface area contributed by atoms with Crippen LogP contribution in [0.15, 0.2) is 35.6 Å². The summed E-state index contributed by atoms with van der Waals surface area (Å²) in [4.78, 5) is 19.1. The lowest BCUT2D eigenvalue weighted by molar-refractivity contribution is -0.113. The van der Waals surface area contributed by atoms with Gasteiger partial charge in [-0.25, -0.2) is 0 Å². The molecule has 0 spiro atoms. The third-order valence-corrected chi connectivity index (χ3v) is 1.78. The van der Waals surface area contributed by atoms with Crippen LogP contribution in [0.3, 0.4) is 0 Å². The van der Waals surface area contributed by atoms with Gasteiger partial charge in [0.25, 0.3) is 0 Å². The van der Waals surface area contributed by atoms with Crippen LogP contribution in [-0.4, -0.2) is 17.0 Å². The van der Waals surface area contributed by atoms with Gasteiger partial charge >= 0.3 is 0 Å². The van der Waals surface area contributed by atoms with Crippen molar-refractivity contribution in [1.29, 1.82) is 0 Å². The Kier molecular flexibility index (Phi) is 2.00. The Balaban J connectivity index is 2.37. The highest BCUT2D eigenvalue weighted by atomic mass is 16.1. The molecule has 1 aliphatic rings. The van der Waals surface area contributed by atoms with Crippen molar-refractivity contribution in [1.82, 2.24) is 4.98 Å². The van der Waals surface area contributed by atoms with E-state index < -0.39 is 0 Å². The van der Waals surface area contributed by atoms with Crippen molar-refractivity contribution in [3.05, 3.63) is 36.2 Å². The van der Waals surface area contributed by atoms with Crippen molar-refractivity contribution in [2.24, 2.45) is 4.99 Å². The smallest absolute Gasteiger partial charge is 0.163 e. The number of allylic oxidation sites excluding steroid dienone is 1. The van der Waals surface area contributed by atoms with Gasteiger partial charge in [-0.1, -0.05) is 0 Å². The molecule has 0 N–H and O–H groups in total. The number of rotatable bonds is 1. The minimum absolute atomic E-state index is 0.0915. The Morgan fingerprint density at radius 3 is 3.00 bits per heavy atom. The van der Waals surface area contributed by atoms with E-state index in [0.717, 1.165) is 5.56 Å². The largest absolute Gasteiger partial charge is 0.294 e. The highest BCUT2D eigenvalue weighted by molar-refractivity contribution is 6.07. The van der Waals surface area contributed by atoms with Gasteiger partial charge in [0.15, 0.2) is 5.78 Å². The number of hydrogen-bond acceptors (Lipinski definition) is 3. The topological polar surface area (TPSA) is 42.3 Å². The van der Waals surface area contributed by atoms with E-state index in [-0.39, 0.29) is 5.78 Å². The minimum Gasteiger partial charge on any atom is -0.294 e. The summed E-state index contributed by atoms with van der Waals surface area (Å²) in [6.45, 7) is 0. The van der Waals surface area contributed by atoms with E-state index in [0.29, 0.717) is 12.1 Å². The summed E-state index contributed by atoms with van der Waals surface area (Å²) in [5, 5.41) is 0. The standard InChI is InChI=1S/C10H8N2O/c13-9-3-5-12-10(6-9)8-2-1-4-11-7-8/h1-2,4-7H,3H2. The van der Waals surface area contributed by atoms with Gasteiger partial charge in [-0.15, -0.1) is 0 Å². The number of nitrogens with zero attached hydrogens (tertiary/aromatic N) is 2. The second kappa shape index (κ2) is 3.31. The fourth-order valence-electron chi connectivity index (χ4n) is 1.15. The van der Waals surface area contributed by atoms with Gasteiger partial charge in [-0.3, -0.25) is 14.8 Å². The molecule has 2 rings (SSSR count). The van der Waals surface area contributed by atoms with E-state index >= 15 is 0 Å². The summed E-state index contributed by atoms with van der Waals surface area (Å²) in [7, 11) is 0. The Labute approximate surface area is 75.8 Å². The first-order valence-corrected chi connectivity index (χ1v) is 4.04. The Hall–Kier alpha value is -1.77. The molecule has 13 heavy (non-hydrogen) atoms. The van der Waals surface area contributed by atoms with Crippen LogP contribution >= 0.6 is 0 Å². The maximum Gasteiger partial charge on any atom is 0.163 e. The molecule has 0 amide bonds. The number of aromatic nitrogens is 1. The van der Waals surface area contributed by atoms with Gasteiger partial charge in [-0.2, -0.15) is 0 Å². The molecular formula is C10H8N2O. The average molecular weight is 172 g/mol. The molecule has 64 valence electrons. The van der Waals surface area contributed by atoms with E-state index in [1.807, 2.05) is 12.1 Å². The zero-order valence-electron chi connectivity index (χ0n) is 6.97. The maximum absolute atomic E-state index is 11.1. The average Bonchev–Trinajstić information content (AvgIpc) is 2.19. The van der Waals surface area contributed by atoms with Crippen LogP contribution < -0.4 is 0 Å². The van der Waals surface area contributed by atoms with Crippen molar-refractivity contribution in [2.45, 2.75) is 6.42 Å². The Bertz CT molecular complexity index is 379. The number of pyridine rings is 1. The summed E-state index contributed by atoms with van der Waals surface area (Å²) in [6.07, 6.45) is 6.98. The Morgan fingerprint density at radius 2 is 2.31 bits per heavy atom. The fourth-order valence-corrected chi connectivity index (χ4v) is 1.15. The lowest BCUT2D eigenvalue weighted by Gasteiger charge is -2.04. The predicted octanol–water partition coefficient (Wildman–Crippen LogP) is 1.47. The van der Waals surface area contributed by atoms with Crippen molar-refractivity contribution in [3.63, 3.8) is 0 Å². The van der Waals surface area contributed by atoms with E-state index in [4.69, 9.17) is 0 Å². The zero-order valence-corrected chi connectivity index (χ0v) is 6.97. The van der Waals surface area contributed by atoms with Gasteiger partial charge in [-0.05, 0) is 12.1 Å². The first kappa shape index (κ1) is 7.86. The first-order valence-electron chi connectivity index (χ1n) is 4.04. The van der Waals surface area contributed by atoms with Crippen LogP contribution in [-0.2, 0) is 4.79 Å². The van der Waals surface area contributed by atoms with E-state index in [1.54, 1.807) is 24.7 Å². The summed E-state index contributed by atoms with van der Waals surface area (Å²) < 4.78 is 0. The maximum atomic E-state index is 11.1. The van der Waals surface area contributed by atoms with Crippen LogP contribution in [0.4, 0.5) is 0 Å². The molecule has 0 atom stereocenters. The second-order valence-electron chi connectivity index (χ2n) is 2.75. The molecule has 1 aliphatic heterocycles. The van der Waals surface area contributed by atoms with Crippen molar-refractivity contribution in [3.8, 4) is 0 Å². The van der Waals surface area contributed by atoms with Gasteiger partial charge in [0.05, 0.1) is 5.70 Å². The molecular weight excluding hydrogens is 164 g/mol. The molecule has 0 fully saturated rings. The molecule has 0 saturated heterocycles. The highest BCUT2D eigenvalue weighted by Crippen LogP contribution is 2.16. The molecule has 0 bridgehead atoms. The van der Waals surface area contributed by atoms with Gasteiger partial charge in [0.1, 0.15) is 0 Å². The third-order valence-electron chi connectivity index (χ3n) is 1.78. The zero-order chi connectivity index (χ0) is 9.10. The van der Waals surface area contributed by atoms with Crippen LogP contribution in [0.25, 0.3) is 5.70 Å². The van der Waals surface area contributed by atoms with E-state index in [9.17, 15) is 4.79 Å². The summed E-state index contributed by atoms with van der Waals surface area (Å²) >= 11 is 0. The minimum atomic E-state index is 0.0915. The van der Waals surface area contributed by atoms with Crippen LogP contribution in [0.1, 0.15) is 12.0 Å². The molecule has 0 saturated carbocycles. The number of hydrogen-bond donors (Lipinski definition) is 0. The van der Waals surface area contributed by atoms with Gasteiger partial charge in [0, 0.05) is 36.7 Å². The monoisotopic (exact) mass is 172 g/mol. The van der Waals surface area contributed by atoms with Crippen LogP contribution in [0.5, 0.6) is 0 Å². The summed E-state index contributed by atoms with van der Waals surface area (Å²) in [5.74, 6) is 0.0915. The van der Waals surface area contributed by atoms with Crippen LogP contribution in [0.2, 0.25) is 0 Å². The molecule has 0 unspecified atom stereocenters. The normalized spacial score (nSPS) is 15.7. The quantitative estimate of drug-likeness (QED) is 0.643. The number of carbonyl (C=O) groups excluding carboxylic acids is 1. The van der Waals surface area contributed by atoms with E-state index in [1.165, 1.54) is 0 Å². The lowest BCUT2D eigenvalue weighted by atomic mass is 10.1. The third kappa shape index (κ3) is 1.69. The highest BCUT2D eigenvalue weighted by Gasteiger charge is 2.06. The van der Waals surface area contributed by atoms with Crippen LogP contribution in [0, 0.1) is 0 Å². The molecule has 1 aromatic heterocycles. The molecule has 3 nitrogen and oxygen atoms in total. The number of aliphatic imine (C=N–C) groups is 1. The summed E-state index contributed by atoms with van der Waals surface area (Å²) in [6, 6.07) is 3.71. The predicted molar refractivity (Wildman–Crippen MR) is 50.3 cm³/mol. The van der Waals surface area contributed by atoms with Crippen molar-refractivity contribution < 1.29 is 4.79 Å². The Morgan fingerprint density at radius 1 is 1.38 bits per heavy atom. The molecule has 2 heterocycles. The summed E-state index contributed by atoms with van der Waals surface area (Å²) in [5.41, 5.74) is 1.58. The molecule has 3 heteroatoms. The second-order valence-corrected chi connectivity index (χ2v) is 2.75. The fraction of sp³-hybridized carbons (Fsp3) is 0.100. The van der Waals surface area contributed by atoms with Crippen molar-refractivity contribution in [2.75, 3.05) is 0 Å². The SMILES string of the molecule is O=C1C=C(c2cccnc2)N=CC1. The molecule has 0 aromatic carbocycles.